The van der Waals surface area contributed by atoms with Gasteiger partial charge in [-0.1, -0.05) is 6.58 Å². The van der Waals surface area contributed by atoms with Crippen LogP contribution in [-0.2, 0) is 0 Å². The molecule has 2 N–H and O–H groups in total. The number of rotatable bonds is 3. The fourth-order valence-electron chi connectivity index (χ4n) is 0.505. The zero-order valence-corrected chi connectivity index (χ0v) is 6.07. The molecule has 11 heavy (non-hydrogen) atoms. The fraction of sp³-hybridized carbons (Fsp3) is 0.667. The molecular weight excluding hydrogens is 159 g/mol. The molecule has 0 saturated carbocycles. The average molecular weight is 169 g/mol. The molecule has 1 atom stereocenters. The monoisotopic (exact) mass is 169 g/mol. The van der Waals surface area contributed by atoms with Crippen molar-refractivity contribution in [1.29, 1.82) is 0 Å². The van der Waals surface area contributed by atoms with Crippen molar-refractivity contribution in [2.75, 3.05) is 13.6 Å². The minimum Gasteiger partial charge on any atom is -0.387 e. The van der Waals surface area contributed by atoms with Crippen LogP contribution in [0.15, 0.2) is 12.2 Å². The number of nitrogens with one attached hydrogen (secondary N) is 1. The number of hydrogen-bond acceptors (Lipinski definition) is 2. The predicted molar refractivity (Wildman–Crippen MR) is 35.1 cm³/mol. The quantitative estimate of drug-likeness (QED) is 0.609. The minimum absolute atomic E-state index is 0.141. The van der Waals surface area contributed by atoms with Crippen LogP contribution in [0.25, 0.3) is 0 Å². The summed E-state index contributed by atoms with van der Waals surface area (Å²) in [6, 6.07) is 0. The summed E-state index contributed by atoms with van der Waals surface area (Å²) in [4.78, 5) is 0. The second-order valence-corrected chi connectivity index (χ2v) is 2.10. The first-order valence-corrected chi connectivity index (χ1v) is 2.98. The van der Waals surface area contributed by atoms with Crippen LogP contribution in [-0.4, -0.2) is 31.0 Å². The Kier molecular flexibility index (Phi) is 3.54. The van der Waals surface area contributed by atoms with Crippen molar-refractivity contribution in [3.8, 4) is 0 Å². The van der Waals surface area contributed by atoms with Gasteiger partial charge in [-0.25, -0.2) is 0 Å². The number of alkyl halides is 3. The maximum absolute atomic E-state index is 11.7. The molecule has 0 fully saturated rings. The molecule has 0 aromatic heterocycles. The number of hydrogen-bond donors (Lipinski definition) is 2. The average Bonchev–Trinajstić information content (AvgIpc) is 1.85. The van der Waals surface area contributed by atoms with E-state index in [1.807, 2.05) is 0 Å². The second kappa shape index (κ2) is 3.73. The van der Waals surface area contributed by atoms with Gasteiger partial charge in [-0.3, -0.25) is 0 Å². The van der Waals surface area contributed by atoms with E-state index in [0.29, 0.717) is 0 Å². The summed E-state index contributed by atoms with van der Waals surface area (Å²) in [6.07, 6.45) is -6.06. The lowest BCUT2D eigenvalue weighted by atomic mass is 10.1. The van der Waals surface area contributed by atoms with Crippen molar-refractivity contribution in [2.24, 2.45) is 0 Å². The maximum atomic E-state index is 11.7. The van der Waals surface area contributed by atoms with Gasteiger partial charge in [0.05, 0.1) is 11.7 Å². The van der Waals surface area contributed by atoms with Gasteiger partial charge in [-0.15, -0.1) is 0 Å². The number of halogens is 3. The Morgan fingerprint density at radius 3 is 2.36 bits per heavy atom. The second-order valence-electron chi connectivity index (χ2n) is 2.10. The molecule has 5 heteroatoms. The Hall–Kier alpha value is -0.550. The van der Waals surface area contributed by atoms with Gasteiger partial charge in [-0.2, -0.15) is 13.2 Å². The highest BCUT2D eigenvalue weighted by Gasteiger charge is 2.35. The Balaban J connectivity index is 4.03. The third-order valence-corrected chi connectivity index (χ3v) is 1.16. The summed E-state index contributed by atoms with van der Waals surface area (Å²) in [5, 5.41) is 11.2. The first-order chi connectivity index (χ1) is 4.89. The zero-order valence-electron chi connectivity index (χ0n) is 6.07. The van der Waals surface area contributed by atoms with E-state index in [2.05, 4.69) is 11.9 Å². The van der Waals surface area contributed by atoms with Crippen molar-refractivity contribution in [1.82, 2.24) is 5.32 Å². The summed E-state index contributed by atoms with van der Waals surface area (Å²) in [5.41, 5.74) is -1.12. The lowest BCUT2D eigenvalue weighted by Gasteiger charge is -2.15. The van der Waals surface area contributed by atoms with Crippen LogP contribution >= 0.6 is 0 Å². The lowest BCUT2D eigenvalue weighted by molar-refractivity contribution is -0.104. The van der Waals surface area contributed by atoms with E-state index in [-0.39, 0.29) is 6.54 Å². The molecular formula is C6H10F3NO. The van der Waals surface area contributed by atoms with Crippen molar-refractivity contribution in [3.63, 3.8) is 0 Å². The highest BCUT2D eigenvalue weighted by molar-refractivity contribution is 5.09. The van der Waals surface area contributed by atoms with Crippen LogP contribution < -0.4 is 5.32 Å². The Labute approximate surface area is 62.7 Å². The maximum Gasteiger partial charge on any atom is 0.414 e. The summed E-state index contributed by atoms with van der Waals surface area (Å²) < 4.78 is 35.2. The summed E-state index contributed by atoms with van der Waals surface area (Å²) in [6.45, 7) is 2.59. The van der Waals surface area contributed by atoms with E-state index in [1.54, 1.807) is 0 Å². The summed E-state index contributed by atoms with van der Waals surface area (Å²) in [5.74, 6) is 0. The molecule has 66 valence electrons. The molecule has 1 unspecified atom stereocenters. The fourth-order valence-corrected chi connectivity index (χ4v) is 0.505. The van der Waals surface area contributed by atoms with Gasteiger partial charge < -0.3 is 10.4 Å². The highest BCUT2D eigenvalue weighted by atomic mass is 19.4. The first-order valence-electron chi connectivity index (χ1n) is 2.98. The van der Waals surface area contributed by atoms with Gasteiger partial charge >= 0.3 is 6.18 Å². The van der Waals surface area contributed by atoms with Crippen molar-refractivity contribution in [3.05, 3.63) is 12.2 Å². The molecule has 0 saturated heterocycles. The smallest absolute Gasteiger partial charge is 0.387 e. The van der Waals surface area contributed by atoms with Crippen LogP contribution in [0.4, 0.5) is 13.2 Å². The third kappa shape index (κ3) is 3.38. The van der Waals surface area contributed by atoms with E-state index < -0.39 is 17.9 Å². The molecule has 0 bridgehead atoms. The number of aliphatic hydroxyl groups is 1. The largest absolute Gasteiger partial charge is 0.414 e. The standard InChI is InChI=1S/C6H10F3NO/c1-4(6(7,8)9)5(11)3-10-2/h5,10-11H,1,3H2,2H3. The predicted octanol–water partition coefficient (Wildman–Crippen LogP) is 0.685. The molecule has 0 aromatic carbocycles. The molecule has 0 aliphatic heterocycles. The van der Waals surface area contributed by atoms with E-state index in [4.69, 9.17) is 5.11 Å². The van der Waals surface area contributed by atoms with Crippen LogP contribution in [0.1, 0.15) is 0 Å². The van der Waals surface area contributed by atoms with Crippen LogP contribution in [0.3, 0.4) is 0 Å². The molecule has 0 rings (SSSR count). The molecule has 0 amide bonds. The first kappa shape index (κ1) is 10.4. The van der Waals surface area contributed by atoms with Gasteiger partial charge in [0.25, 0.3) is 0 Å². The van der Waals surface area contributed by atoms with E-state index in [1.165, 1.54) is 7.05 Å². The molecule has 2 nitrogen and oxygen atoms in total. The molecule has 0 aliphatic rings. The number of aliphatic hydroxyl groups excluding tert-OH is 1. The third-order valence-electron chi connectivity index (χ3n) is 1.16. The SMILES string of the molecule is C=C(C(O)CNC)C(F)(F)F. The summed E-state index contributed by atoms with van der Waals surface area (Å²) >= 11 is 0. The van der Waals surface area contributed by atoms with Crippen LogP contribution in [0.2, 0.25) is 0 Å². The minimum atomic E-state index is -4.50. The zero-order chi connectivity index (χ0) is 9.07. The van der Waals surface area contributed by atoms with Crippen LogP contribution in [0.5, 0.6) is 0 Å². The Morgan fingerprint density at radius 2 is 2.09 bits per heavy atom. The van der Waals surface area contributed by atoms with E-state index in [9.17, 15) is 13.2 Å². The molecule has 0 aromatic rings. The molecule has 0 spiro atoms. The molecule has 0 aliphatic carbocycles. The summed E-state index contributed by atoms with van der Waals surface area (Å²) in [7, 11) is 1.45. The van der Waals surface area contributed by atoms with Gasteiger partial charge in [0.1, 0.15) is 0 Å². The topological polar surface area (TPSA) is 32.3 Å². The van der Waals surface area contributed by atoms with E-state index in [0.717, 1.165) is 0 Å². The van der Waals surface area contributed by atoms with Gasteiger partial charge in [0.2, 0.25) is 0 Å². The van der Waals surface area contributed by atoms with Crippen molar-refractivity contribution >= 4 is 0 Å². The van der Waals surface area contributed by atoms with Gasteiger partial charge in [-0.05, 0) is 7.05 Å². The van der Waals surface area contributed by atoms with E-state index >= 15 is 0 Å². The van der Waals surface area contributed by atoms with Crippen molar-refractivity contribution in [2.45, 2.75) is 12.3 Å². The lowest BCUT2D eigenvalue weighted by Crippen LogP contribution is -2.31. The van der Waals surface area contributed by atoms with Gasteiger partial charge in [0, 0.05) is 6.54 Å². The Bertz CT molecular complexity index is 143. The number of likely N-dealkylation sites (N-methyl/N-ethyl adjacent to an activating group) is 1. The van der Waals surface area contributed by atoms with Gasteiger partial charge in [0.15, 0.2) is 0 Å². The van der Waals surface area contributed by atoms with Crippen LogP contribution in [0, 0.1) is 0 Å². The molecule has 0 heterocycles. The normalized spacial score (nSPS) is 14.6. The van der Waals surface area contributed by atoms with Crippen molar-refractivity contribution < 1.29 is 18.3 Å². The molecule has 0 radical (unpaired) electrons. The highest BCUT2D eigenvalue weighted by Crippen LogP contribution is 2.26. The Morgan fingerprint density at radius 1 is 1.64 bits per heavy atom.